The van der Waals surface area contributed by atoms with Crippen molar-refractivity contribution in [1.82, 2.24) is 0 Å². The van der Waals surface area contributed by atoms with Crippen LogP contribution in [-0.2, 0) is 0 Å². The van der Waals surface area contributed by atoms with Crippen LogP contribution in [0, 0.1) is 39.9 Å². The van der Waals surface area contributed by atoms with Gasteiger partial charge >= 0.3 is 39.9 Å². The summed E-state index contributed by atoms with van der Waals surface area (Å²) in [6.45, 7) is 19.6. The molecule has 0 aliphatic carbocycles. The average Bonchev–Trinajstić information content (AvgIpc) is 1.62. The third-order valence-corrected chi connectivity index (χ3v) is 0. The standard InChI is InChI=1S/4C4H9O.Th/c4*1-4(2,3)5;/h4*1-3H3;/q4*-1;+4. The molecule has 0 bridgehead atoms. The van der Waals surface area contributed by atoms with Crippen LogP contribution in [0.25, 0.3) is 0 Å². The Bertz CT molecular complexity index is 130. The first-order valence-corrected chi connectivity index (χ1v) is 6.82. The van der Waals surface area contributed by atoms with Crippen LogP contribution in [0.15, 0.2) is 0 Å². The molecule has 5 heteroatoms. The summed E-state index contributed by atoms with van der Waals surface area (Å²) >= 11 is 0. The Balaban J connectivity index is -0.0000000533. The van der Waals surface area contributed by atoms with E-state index in [1.807, 2.05) is 0 Å². The maximum absolute atomic E-state index is 10.1. The number of hydrogen-bond donors (Lipinski definition) is 0. The second kappa shape index (κ2) is 13.6. The van der Waals surface area contributed by atoms with E-state index in [2.05, 4.69) is 0 Å². The molecule has 0 atom stereocenters. The summed E-state index contributed by atoms with van der Waals surface area (Å²) in [4.78, 5) is 0. The van der Waals surface area contributed by atoms with Crippen molar-refractivity contribution in [2.24, 2.45) is 0 Å². The minimum Gasteiger partial charge on any atom is -0.850 e. The van der Waals surface area contributed by atoms with Gasteiger partial charge in [-0.1, -0.05) is 83.1 Å². The summed E-state index contributed by atoms with van der Waals surface area (Å²) in [5.41, 5.74) is -3.00. The van der Waals surface area contributed by atoms with Gasteiger partial charge in [0.15, 0.2) is 0 Å². The van der Waals surface area contributed by atoms with E-state index < -0.39 is 22.4 Å². The van der Waals surface area contributed by atoms with Gasteiger partial charge in [-0.15, -0.1) is 22.4 Å². The van der Waals surface area contributed by atoms with E-state index >= 15 is 0 Å². The fourth-order valence-electron chi connectivity index (χ4n) is 0. The van der Waals surface area contributed by atoms with Crippen molar-refractivity contribution in [1.29, 1.82) is 0 Å². The molecule has 0 aromatic heterocycles. The minimum absolute atomic E-state index is 0. The van der Waals surface area contributed by atoms with Gasteiger partial charge in [0.05, 0.1) is 0 Å². The van der Waals surface area contributed by atoms with Crippen molar-refractivity contribution in [3.8, 4) is 0 Å². The first kappa shape index (κ1) is 33.7. The predicted molar refractivity (Wildman–Crippen MR) is 79.0 cm³/mol. The summed E-state index contributed by atoms with van der Waals surface area (Å²) < 4.78 is 0. The summed E-state index contributed by atoms with van der Waals surface area (Å²) in [5.74, 6) is 0. The molecule has 0 unspecified atom stereocenters. The third-order valence-electron chi connectivity index (χ3n) is 0. The fourth-order valence-corrected chi connectivity index (χ4v) is 0. The molecule has 0 aliphatic heterocycles. The number of hydrogen-bond acceptors (Lipinski definition) is 4. The fraction of sp³-hybridized carbons (Fsp3) is 1.00. The molecule has 4 nitrogen and oxygen atoms in total. The van der Waals surface area contributed by atoms with Gasteiger partial charge in [-0.05, 0) is 0 Å². The zero-order chi connectivity index (χ0) is 18.0. The second-order valence-corrected chi connectivity index (χ2v) is 8.45. The van der Waals surface area contributed by atoms with Crippen molar-refractivity contribution in [3.63, 3.8) is 0 Å². The largest absolute Gasteiger partial charge is 4.00 e. The second-order valence-electron chi connectivity index (χ2n) is 8.45. The molecular weight excluding hydrogens is 488 g/mol. The topological polar surface area (TPSA) is 92.2 Å². The molecule has 0 saturated carbocycles. The Morgan fingerprint density at radius 2 is 0.333 bits per heavy atom. The van der Waals surface area contributed by atoms with Gasteiger partial charge in [-0.3, -0.25) is 0 Å². The van der Waals surface area contributed by atoms with Crippen LogP contribution in [0.3, 0.4) is 0 Å². The first-order chi connectivity index (χ1) is 8.00. The van der Waals surface area contributed by atoms with Crippen LogP contribution < -0.4 is 20.4 Å². The van der Waals surface area contributed by atoms with Crippen LogP contribution in [0.5, 0.6) is 0 Å². The van der Waals surface area contributed by atoms with Crippen molar-refractivity contribution < 1.29 is 60.4 Å². The van der Waals surface area contributed by atoms with Crippen molar-refractivity contribution in [3.05, 3.63) is 0 Å². The molecule has 0 heterocycles. The van der Waals surface area contributed by atoms with Gasteiger partial charge in [-0.25, -0.2) is 0 Å². The van der Waals surface area contributed by atoms with E-state index in [1.165, 1.54) is 0 Å². The Morgan fingerprint density at radius 3 is 0.333 bits per heavy atom. The van der Waals surface area contributed by atoms with E-state index in [9.17, 15) is 20.4 Å². The Hall–Kier alpha value is 1.16. The molecule has 0 amide bonds. The zero-order valence-electron chi connectivity index (χ0n) is 16.1. The molecule has 128 valence electrons. The normalized spacial score (nSPS) is 11.4. The summed E-state index contributed by atoms with van der Waals surface area (Å²) in [7, 11) is 0. The first-order valence-electron chi connectivity index (χ1n) is 6.82. The maximum Gasteiger partial charge on any atom is 4.00 e. The molecule has 0 N–H and O–H groups in total. The monoisotopic (exact) mass is 524 g/mol. The molecular formula is C16H36O4Th. The maximum atomic E-state index is 10.1. The molecule has 0 aromatic carbocycles. The van der Waals surface area contributed by atoms with Crippen LogP contribution in [-0.4, -0.2) is 22.4 Å². The van der Waals surface area contributed by atoms with E-state index in [-0.39, 0.29) is 39.9 Å². The molecule has 0 saturated heterocycles. The molecule has 21 heavy (non-hydrogen) atoms. The van der Waals surface area contributed by atoms with Gasteiger partial charge in [0.25, 0.3) is 0 Å². The van der Waals surface area contributed by atoms with Crippen molar-refractivity contribution in [2.75, 3.05) is 0 Å². The smallest absolute Gasteiger partial charge is 0.850 e. The van der Waals surface area contributed by atoms with E-state index in [0.29, 0.717) is 0 Å². The van der Waals surface area contributed by atoms with Crippen molar-refractivity contribution >= 4 is 0 Å². The van der Waals surface area contributed by atoms with Crippen molar-refractivity contribution in [2.45, 2.75) is 105 Å². The van der Waals surface area contributed by atoms with Gasteiger partial charge in [-0.2, -0.15) is 0 Å². The third kappa shape index (κ3) is 5730. The Labute approximate surface area is 165 Å². The van der Waals surface area contributed by atoms with Gasteiger partial charge in [0.1, 0.15) is 0 Å². The molecule has 0 aliphatic rings. The minimum atomic E-state index is -0.750. The molecule has 0 fully saturated rings. The molecule has 0 rings (SSSR count). The molecule has 0 spiro atoms. The van der Waals surface area contributed by atoms with E-state index in [4.69, 9.17) is 0 Å². The molecule has 0 radical (unpaired) electrons. The SMILES string of the molecule is CC(C)(C)[O-].CC(C)(C)[O-].CC(C)(C)[O-].CC(C)(C)[O-].[Th+4]. The van der Waals surface area contributed by atoms with E-state index in [1.54, 1.807) is 83.1 Å². The Kier molecular flexibility index (Phi) is 21.8. The predicted octanol–water partition coefficient (Wildman–Crippen LogP) is 0.581. The van der Waals surface area contributed by atoms with Gasteiger partial charge in [0, 0.05) is 0 Å². The quantitative estimate of drug-likeness (QED) is 0.464. The zero-order valence-corrected chi connectivity index (χ0v) is 20.2. The van der Waals surface area contributed by atoms with Crippen LogP contribution in [0.1, 0.15) is 83.1 Å². The van der Waals surface area contributed by atoms with Crippen LogP contribution in [0.2, 0.25) is 0 Å². The molecule has 0 aromatic rings. The number of rotatable bonds is 0. The van der Waals surface area contributed by atoms with E-state index in [0.717, 1.165) is 0 Å². The summed E-state index contributed by atoms with van der Waals surface area (Å²) in [5, 5.41) is 40.4. The summed E-state index contributed by atoms with van der Waals surface area (Å²) in [6, 6.07) is 0. The average molecular weight is 524 g/mol. The Morgan fingerprint density at radius 1 is 0.333 bits per heavy atom. The van der Waals surface area contributed by atoms with Crippen LogP contribution in [0.4, 0.5) is 0 Å². The van der Waals surface area contributed by atoms with Crippen LogP contribution >= 0.6 is 0 Å². The van der Waals surface area contributed by atoms with Gasteiger partial charge in [0.2, 0.25) is 0 Å². The summed E-state index contributed by atoms with van der Waals surface area (Å²) in [6.07, 6.45) is 0. The van der Waals surface area contributed by atoms with Gasteiger partial charge < -0.3 is 20.4 Å².